The summed E-state index contributed by atoms with van der Waals surface area (Å²) in [7, 11) is 0. The third-order valence-corrected chi connectivity index (χ3v) is 2.45. The van der Waals surface area contributed by atoms with Gasteiger partial charge in [0, 0.05) is 5.56 Å². The van der Waals surface area contributed by atoms with Crippen molar-refractivity contribution in [1.82, 2.24) is 0 Å². The monoisotopic (exact) mass is 212 g/mol. The van der Waals surface area contributed by atoms with Gasteiger partial charge in [-0.2, -0.15) is 0 Å². The summed E-state index contributed by atoms with van der Waals surface area (Å²) in [5, 5.41) is 0. The molecule has 1 aromatic carbocycles. The van der Waals surface area contributed by atoms with E-state index < -0.39 is 0 Å². The van der Waals surface area contributed by atoms with Gasteiger partial charge in [-0.1, -0.05) is 49.6 Å². The maximum atomic E-state index is 11.6. The molecule has 1 rings (SSSR count). The van der Waals surface area contributed by atoms with Gasteiger partial charge in [-0.15, -0.1) is 0 Å². The summed E-state index contributed by atoms with van der Waals surface area (Å²) in [6, 6.07) is 5.81. The van der Waals surface area contributed by atoms with E-state index >= 15 is 0 Å². The van der Waals surface area contributed by atoms with Crippen LogP contribution in [0, 0.1) is 6.92 Å². The lowest BCUT2D eigenvalue weighted by atomic mass is 9.93. The van der Waals surface area contributed by atoms with Crippen molar-refractivity contribution in [2.45, 2.75) is 13.8 Å². The Morgan fingerprint density at radius 3 is 2.50 bits per heavy atom. The van der Waals surface area contributed by atoms with Crippen LogP contribution in [0.5, 0.6) is 0 Å². The second kappa shape index (κ2) is 5.26. The van der Waals surface area contributed by atoms with E-state index in [-0.39, 0.29) is 5.78 Å². The largest absolute Gasteiger partial charge is 0.294 e. The molecule has 16 heavy (non-hydrogen) atoms. The van der Waals surface area contributed by atoms with Gasteiger partial charge in [0.2, 0.25) is 0 Å². The maximum Gasteiger partial charge on any atom is 0.160 e. The molecule has 0 aliphatic heterocycles. The van der Waals surface area contributed by atoms with Crippen molar-refractivity contribution in [1.29, 1.82) is 0 Å². The van der Waals surface area contributed by atoms with Crippen LogP contribution in [-0.2, 0) is 0 Å². The zero-order valence-electron chi connectivity index (χ0n) is 9.79. The number of aryl methyl sites for hydroxylation is 1. The first-order valence-corrected chi connectivity index (χ1v) is 5.18. The minimum Gasteiger partial charge on any atom is -0.294 e. The molecule has 0 unspecified atom stereocenters. The summed E-state index contributed by atoms with van der Waals surface area (Å²) in [6.45, 7) is 10.9. The van der Waals surface area contributed by atoms with E-state index in [1.807, 2.05) is 31.2 Å². The van der Waals surface area contributed by atoms with Crippen LogP contribution in [0.3, 0.4) is 0 Å². The number of benzene rings is 1. The maximum absolute atomic E-state index is 11.6. The Morgan fingerprint density at radius 1 is 1.31 bits per heavy atom. The topological polar surface area (TPSA) is 17.1 Å². The highest BCUT2D eigenvalue weighted by Crippen LogP contribution is 2.23. The number of ketones is 1. The third kappa shape index (κ3) is 2.37. The molecule has 1 nitrogen and oxygen atoms in total. The average molecular weight is 212 g/mol. The van der Waals surface area contributed by atoms with Gasteiger partial charge in [-0.25, -0.2) is 0 Å². The van der Waals surface area contributed by atoms with E-state index in [1.54, 1.807) is 19.1 Å². The molecule has 0 aliphatic rings. The SMILES string of the molecule is C=C/C=C(\C=C)c1cccc(C)c1C(C)=O. The Hall–Kier alpha value is -1.89. The van der Waals surface area contributed by atoms with Crippen LogP contribution >= 0.6 is 0 Å². The minimum absolute atomic E-state index is 0.0740. The molecule has 0 aliphatic carbocycles. The lowest BCUT2D eigenvalue weighted by Crippen LogP contribution is -2.01. The molecule has 0 fully saturated rings. The minimum atomic E-state index is 0.0740. The standard InChI is InChI=1S/C15H16O/c1-5-8-13(6-2)14-10-7-9-11(3)15(14)12(4)16/h5-10H,1-2H2,3-4H3/b13-8+. The summed E-state index contributed by atoms with van der Waals surface area (Å²) in [6.07, 6.45) is 5.29. The fourth-order valence-electron chi connectivity index (χ4n) is 1.77. The van der Waals surface area contributed by atoms with Crippen LogP contribution in [0.25, 0.3) is 5.57 Å². The van der Waals surface area contributed by atoms with E-state index in [9.17, 15) is 4.79 Å². The predicted octanol–water partition coefficient (Wildman–Crippen LogP) is 3.95. The first-order valence-electron chi connectivity index (χ1n) is 5.18. The summed E-state index contributed by atoms with van der Waals surface area (Å²) >= 11 is 0. The number of allylic oxidation sites excluding steroid dienone is 4. The molecule has 1 aromatic rings. The lowest BCUT2D eigenvalue weighted by molar-refractivity contribution is 0.101. The van der Waals surface area contributed by atoms with E-state index in [2.05, 4.69) is 13.2 Å². The Bertz CT molecular complexity index is 464. The van der Waals surface area contributed by atoms with Gasteiger partial charge >= 0.3 is 0 Å². The molecule has 0 saturated heterocycles. The van der Waals surface area contributed by atoms with Crippen molar-refractivity contribution >= 4 is 11.4 Å². The third-order valence-electron chi connectivity index (χ3n) is 2.45. The number of Topliss-reactive ketones (excluding diaryl/α,β-unsaturated/α-hetero) is 1. The Kier molecular flexibility index (Phi) is 4.01. The predicted molar refractivity (Wildman–Crippen MR) is 69.6 cm³/mol. The van der Waals surface area contributed by atoms with Crippen molar-refractivity contribution in [2.75, 3.05) is 0 Å². The van der Waals surface area contributed by atoms with Crippen LogP contribution in [-0.4, -0.2) is 5.78 Å². The second-order valence-electron chi connectivity index (χ2n) is 3.62. The van der Waals surface area contributed by atoms with Crippen molar-refractivity contribution in [3.63, 3.8) is 0 Å². The number of carbonyl (C=O) groups is 1. The van der Waals surface area contributed by atoms with Crippen molar-refractivity contribution in [3.05, 3.63) is 66.3 Å². The van der Waals surface area contributed by atoms with E-state index in [0.717, 1.165) is 22.3 Å². The highest BCUT2D eigenvalue weighted by molar-refractivity contribution is 6.01. The number of hydrogen-bond donors (Lipinski definition) is 0. The Balaban J connectivity index is 3.49. The van der Waals surface area contributed by atoms with Gasteiger partial charge in [-0.3, -0.25) is 4.79 Å². The van der Waals surface area contributed by atoms with E-state index in [1.165, 1.54) is 0 Å². The van der Waals surface area contributed by atoms with Crippen molar-refractivity contribution < 1.29 is 4.79 Å². The summed E-state index contributed by atoms with van der Waals surface area (Å²) < 4.78 is 0. The Labute approximate surface area is 96.8 Å². The quantitative estimate of drug-likeness (QED) is 0.545. The van der Waals surface area contributed by atoms with Crippen LogP contribution in [0.2, 0.25) is 0 Å². The average Bonchev–Trinajstić information content (AvgIpc) is 2.25. The number of carbonyl (C=O) groups excluding carboxylic acids is 1. The highest BCUT2D eigenvalue weighted by atomic mass is 16.1. The first-order chi connectivity index (χ1) is 7.61. The molecule has 0 bridgehead atoms. The molecule has 0 N–H and O–H groups in total. The van der Waals surface area contributed by atoms with Gasteiger partial charge in [0.1, 0.15) is 0 Å². The normalized spacial score (nSPS) is 11.0. The molecule has 0 atom stereocenters. The molecular weight excluding hydrogens is 196 g/mol. The molecule has 1 heteroatoms. The van der Waals surface area contributed by atoms with Gasteiger partial charge in [-0.05, 0) is 30.5 Å². The molecule has 82 valence electrons. The van der Waals surface area contributed by atoms with Crippen molar-refractivity contribution in [2.24, 2.45) is 0 Å². The molecule has 0 saturated carbocycles. The Morgan fingerprint density at radius 2 is 2.00 bits per heavy atom. The smallest absolute Gasteiger partial charge is 0.160 e. The zero-order valence-corrected chi connectivity index (χ0v) is 9.79. The zero-order chi connectivity index (χ0) is 12.1. The molecule has 0 heterocycles. The van der Waals surface area contributed by atoms with Crippen molar-refractivity contribution in [3.8, 4) is 0 Å². The van der Waals surface area contributed by atoms with E-state index in [4.69, 9.17) is 0 Å². The number of rotatable bonds is 4. The fraction of sp³-hybridized carbons (Fsp3) is 0.133. The number of hydrogen-bond acceptors (Lipinski definition) is 1. The molecule has 0 amide bonds. The van der Waals surface area contributed by atoms with Gasteiger partial charge in [0.05, 0.1) is 0 Å². The van der Waals surface area contributed by atoms with Gasteiger partial charge < -0.3 is 0 Å². The molecular formula is C15H16O. The molecule has 0 spiro atoms. The van der Waals surface area contributed by atoms with E-state index in [0.29, 0.717) is 0 Å². The fourth-order valence-corrected chi connectivity index (χ4v) is 1.77. The van der Waals surface area contributed by atoms with Gasteiger partial charge in [0.25, 0.3) is 0 Å². The summed E-state index contributed by atoms with van der Waals surface area (Å²) in [5.74, 6) is 0.0740. The van der Waals surface area contributed by atoms with Crippen LogP contribution < -0.4 is 0 Å². The van der Waals surface area contributed by atoms with Crippen LogP contribution in [0.1, 0.15) is 28.4 Å². The first kappa shape index (κ1) is 12.2. The van der Waals surface area contributed by atoms with Crippen LogP contribution in [0.15, 0.2) is 49.6 Å². The summed E-state index contributed by atoms with van der Waals surface area (Å²) in [5.41, 5.74) is 3.59. The van der Waals surface area contributed by atoms with Gasteiger partial charge in [0.15, 0.2) is 5.78 Å². The second-order valence-corrected chi connectivity index (χ2v) is 3.62. The molecule has 0 aromatic heterocycles. The lowest BCUT2D eigenvalue weighted by Gasteiger charge is -2.10. The summed E-state index contributed by atoms with van der Waals surface area (Å²) in [4.78, 5) is 11.6. The van der Waals surface area contributed by atoms with Crippen LogP contribution in [0.4, 0.5) is 0 Å². The highest BCUT2D eigenvalue weighted by Gasteiger charge is 2.11. The molecule has 0 radical (unpaired) electrons.